The number of amidine groups is 1. The topological polar surface area (TPSA) is 95.5 Å². The molecule has 0 atom stereocenters. The lowest BCUT2D eigenvalue weighted by Crippen LogP contribution is -2.34. The molecule has 4 N–H and O–H groups in total. The SMILES string of the molecule is CC(C)(C)OC(=N)NCCCNCCCCCCCCNC(=O)OC(C)(C)C. The van der Waals surface area contributed by atoms with Crippen molar-refractivity contribution in [3.63, 3.8) is 0 Å². The molecule has 28 heavy (non-hydrogen) atoms. The molecular formula is C21H44N4O3. The van der Waals surface area contributed by atoms with Crippen molar-refractivity contribution in [2.75, 3.05) is 26.2 Å². The summed E-state index contributed by atoms with van der Waals surface area (Å²) in [5.74, 6) is 0. The van der Waals surface area contributed by atoms with Gasteiger partial charge in [-0.2, -0.15) is 0 Å². The Morgan fingerprint density at radius 2 is 1.14 bits per heavy atom. The van der Waals surface area contributed by atoms with E-state index < -0.39 is 5.60 Å². The molecule has 0 saturated carbocycles. The van der Waals surface area contributed by atoms with E-state index in [1.807, 2.05) is 41.5 Å². The number of nitrogens with one attached hydrogen (secondary N) is 4. The molecule has 0 bridgehead atoms. The number of unbranched alkanes of at least 4 members (excludes halogenated alkanes) is 5. The van der Waals surface area contributed by atoms with Gasteiger partial charge in [-0.1, -0.05) is 25.7 Å². The molecule has 0 aliphatic rings. The van der Waals surface area contributed by atoms with Crippen LogP contribution in [0.4, 0.5) is 4.79 Å². The number of rotatable bonds is 13. The maximum absolute atomic E-state index is 11.5. The van der Waals surface area contributed by atoms with Crippen molar-refractivity contribution in [3.05, 3.63) is 0 Å². The Kier molecular flexibility index (Phi) is 13.7. The number of hydrogen-bond acceptors (Lipinski definition) is 5. The Hall–Kier alpha value is -1.50. The van der Waals surface area contributed by atoms with Gasteiger partial charge in [0, 0.05) is 13.1 Å². The minimum atomic E-state index is -0.432. The van der Waals surface area contributed by atoms with E-state index in [2.05, 4.69) is 16.0 Å². The van der Waals surface area contributed by atoms with Crippen molar-refractivity contribution in [1.29, 1.82) is 5.41 Å². The van der Waals surface area contributed by atoms with Crippen molar-refractivity contribution >= 4 is 12.1 Å². The number of ether oxygens (including phenoxy) is 2. The second kappa shape index (κ2) is 14.5. The van der Waals surface area contributed by atoms with Gasteiger partial charge in [0.2, 0.25) is 0 Å². The van der Waals surface area contributed by atoms with Gasteiger partial charge in [-0.15, -0.1) is 0 Å². The summed E-state index contributed by atoms with van der Waals surface area (Å²) < 4.78 is 10.6. The van der Waals surface area contributed by atoms with Crippen LogP contribution in [0.25, 0.3) is 0 Å². The molecule has 0 spiro atoms. The zero-order valence-corrected chi connectivity index (χ0v) is 19.0. The first-order chi connectivity index (χ1) is 13.0. The Labute approximate surface area is 172 Å². The molecule has 1 amide bonds. The quantitative estimate of drug-likeness (QED) is 0.211. The summed E-state index contributed by atoms with van der Waals surface area (Å²) >= 11 is 0. The van der Waals surface area contributed by atoms with Crippen molar-refractivity contribution in [1.82, 2.24) is 16.0 Å². The highest BCUT2D eigenvalue weighted by Gasteiger charge is 2.15. The third kappa shape index (κ3) is 20.8. The van der Waals surface area contributed by atoms with E-state index in [9.17, 15) is 4.79 Å². The van der Waals surface area contributed by atoms with Gasteiger partial charge in [0.1, 0.15) is 11.2 Å². The molecule has 7 heteroatoms. The average Bonchev–Trinajstić information content (AvgIpc) is 2.51. The summed E-state index contributed by atoms with van der Waals surface area (Å²) in [5.41, 5.74) is -0.755. The molecule has 166 valence electrons. The van der Waals surface area contributed by atoms with Gasteiger partial charge in [0.05, 0.1) is 0 Å². The van der Waals surface area contributed by atoms with Crippen LogP contribution in [0.2, 0.25) is 0 Å². The first-order valence-electron chi connectivity index (χ1n) is 10.7. The Balaban J connectivity index is 3.28. The molecule has 0 aliphatic heterocycles. The van der Waals surface area contributed by atoms with Crippen LogP contribution >= 0.6 is 0 Å². The fraction of sp³-hybridized carbons (Fsp3) is 0.905. The predicted octanol–water partition coefficient (Wildman–Crippen LogP) is 4.17. The second-order valence-corrected chi connectivity index (χ2v) is 9.12. The fourth-order valence-corrected chi connectivity index (χ4v) is 2.47. The van der Waals surface area contributed by atoms with Crippen molar-refractivity contribution < 1.29 is 14.3 Å². The number of amides is 1. The molecule has 0 aromatic carbocycles. The summed E-state index contributed by atoms with van der Waals surface area (Å²) in [6, 6.07) is 0.147. The van der Waals surface area contributed by atoms with Gasteiger partial charge in [0.25, 0.3) is 6.02 Å². The van der Waals surface area contributed by atoms with Crippen LogP contribution in [0.3, 0.4) is 0 Å². The minimum Gasteiger partial charge on any atom is -0.460 e. The van der Waals surface area contributed by atoms with E-state index >= 15 is 0 Å². The normalized spacial score (nSPS) is 11.8. The van der Waals surface area contributed by atoms with Gasteiger partial charge in [-0.05, 0) is 73.9 Å². The van der Waals surface area contributed by atoms with Gasteiger partial charge >= 0.3 is 6.09 Å². The number of carbonyl (C=O) groups excluding carboxylic acids is 1. The molecule has 0 fully saturated rings. The van der Waals surface area contributed by atoms with E-state index in [1.54, 1.807) is 0 Å². The lowest BCUT2D eigenvalue weighted by Gasteiger charge is -2.21. The maximum atomic E-state index is 11.5. The first kappa shape index (κ1) is 26.5. The van der Waals surface area contributed by atoms with Gasteiger partial charge < -0.3 is 25.4 Å². The monoisotopic (exact) mass is 400 g/mol. The largest absolute Gasteiger partial charge is 0.460 e. The third-order valence-electron chi connectivity index (χ3n) is 3.67. The number of alkyl carbamates (subject to hydrolysis) is 1. The maximum Gasteiger partial charge on any atom is 0.407 e. The van der Waals surface area contributed by atoms with Crippen LogP contribution in [0.1, 0.15) is 86.5 Å². The first-order valence-corrected chi connectivity index (χ1v) is 10.7. The van der Waals surface area contributed by atoms with Crippen molar-refractivity contribution in [2.24, 2.45) is 0 Å². The van der Waals surface area contributed by atoms with Crippen molar-refractivity contribution in [3.8, 4) is 0 Å². The van der Waals surface area contributed by atoms with Crippen LogP contribution in [0.5, 0.6) is 0 Å². The molecular weight excluding hydrogens is 356 g/mol. The van der Waals surface area contributed by atoms with E-state index in [0.717, 1.165) is 38.9 Å². The van der Waals surface area contributed by atoms with Gasteiger partial charge in [-0.3, -0.25) is 5.41 Å². The summed E-state index contributed by atoms with van der Waals surface area (Å²) in [4.78, 5) is 11.5. The summed E-state index contributed by atoms with van der Waals surface area (Å²) in [7, 11) is 0. The standard InChI is InChI=1S/C21H44N4O3/c1-20(2,3)27-18(22)24-17-13-15-23-14-11-9-7-8-10-12-16-25-19(26)28-21(4,5)6/h23H,7-17H2,1-6H3,(H2,22,24)(H,25,26). The Bertz CT molecular complexity index is 388. The minimum absolute atomic E-state index is 0.147. The zero-order chi connectivity index (χ0) is 21.5. The molecule has 0 saturated heterocycles. The Morgan fingerprint density at radius 1 is 0.679 bits per heavy atom. The van der Waals surface area contributed by atoms with Crippen LogP contribution in [0.15, 0.2) is 0 Å². The number of hydrogen-bond donors (Lipinski definition) is 4. The number of carbonyl (C=O) groups is 1. The molecule has 0 radical (unpaired) electrons. The highest BCUT2D eigenvalue weighted by Crippen LogP contribution is 2.07. The predicted molar refractivity (Wildman–Crippen MR) is 116 cm³/mol. The van der Waals surface area contributed by atoms with Crippen molar-refractivity contribution in [2.45, 2.75) is 97.7 Å². The molecule has 0 aromatic heterocycles. The average molecular weight is 401 g/mol. The molecule has 0 rings (SSSR count). The van der Waals surface area contributed by atoms with Crippen LogP contribution in [0, 0.1) is 5.41 Å². The summed E-state index contributed by atoms with van der Waals surface area (Å²) in [6.45, 7) is 14.8. The van der Waals surface area contributed by atoms with Gasteiger partial charge in [0.15, 0.2) is 0 Å². The molecule has 0 aromatic rings. The Morgan fingerprint density at radius 3 is 1.71 bits per heavy atom. The van der Waals surface area contributed by atoms with Crippen LogP contribution in [-0.4, -0.2) is 49.5 Å². The van der Waals surface area contributed by atoms with E-state index in [-0.39, 0.29) is 17.7 Å². The van der Waals surface area contributed by atoms with E-state index in [0.29, 0.717) is 6.54 Å². The zero-order valence-electron chi connectivity index (χ0n) is 19.0. The lowest BCUT2D eigenvalue weighted by molar-refractivity contribution is 0.0527. The van der Waals surface area contributed by atoms with E-state index in [1.165, 1.54) is 25.7 Å². The highest BCUT2D eigenvalue weighted by molar-refractivity contribution is 5.70. The highest BCUT2D eigenvalue weighted by atomic mass is 16.6. The molecule has 7 nitrogen and oxygen atoms in total. The van der Waals surface area contributed by atoms with E-state index in [4.69, 9.17) is 14.9 Å². The van der Waals surface area contributed by atoms with Gasteiger partial charge in [-0.25, -0.2) is 4.79 Å². The fourth-order valence-electron chi connectivity index (χ4n) is 2.47. The second-order valence-electron chi connectivity index (χ2n) is 9.12. The summed E-state index contributed by atoms with van der Waals surface area (Å²) in [5, 5.41) is 16.9. The third-order valence-corrected chi connectivity index (χ3v) is 3.67. The van der Waals surface area contributed by atoms with Crippen LogP contribution < -0.4 is 16.0 Å². The molecule has 0 unspecified atom stereocenters. The lowest BCUT2D eigenvalue weighted by atomic mass is 10.1. The molecule has 0 aliphatic carbocycles. The summed E-state index contributed by atoms with van der Waals surface area (Å²) in [6.07, 6.45) is 7.64. The smallest absolute Gasteiger partial charge is 0.407 e. The molecule has 0 heterocycles. The van der Waals surface area contributed by atoms with Crippen LogP contribution in [-0.2, 0) is 9.47 Å².